The monoisotopic (exact) mass is 275 g/mol. The molecule has 0 amide bonds. The number of esters is 1. The number of thioether (sulfide) groups is 1. The van der Waals surface area contributed by atoms with Crippen LogP contribution in [0.2, 0.25) is 0 Å². The van der Waals surface area contributed by atoms with Gasteiger partial charge in [0, 0.05) is 5.69 Å². The molecule has 0 aromatic heterocycles. The van der Waals surface area contributed by atoms with Crippen molar-refractivity contribution in [3.8, 4) is 0 Å². The van der Waals surface area contributed by atoms with Crippen LogP contribution in [-0.2, 0) is 9.53 Å². The van der Waals surface area contributed by atoms with Gasteiger partial charge in [-0.05, 0) is 32.9 Å². The molecule has 0 aliphatic rings. The second-order valence-electron chi connectivity index (χ2n) is 4.65. The number of hydrogen-bond donors (Lipinski definition) is 1. The summed E-state index contributed by atoms with van der Waals surface area (Å²) in [7, 11) is 0. The highest BCUT2D eigenvalue weighted by atomic mass is 32.2. The minimum absolute atomic E-state index is 0.0686. The number of nitrogen functional groups attached to an aromatic ring is 1. The van der Waals surface area contributed by atoms with E-state index in [1.165, 1.54) is 6.07 Å². The van der Waals surface area contributed by atoms with Gasteiger partial charge in [0.2, 0.25) is 0 Å². The van der Waals surface area contributed by atoms with Crippen molar-refractivity contribution in [3.63, 3.8) is 0 Å². The summed E-state index contributed by atoms with van der Waals surface area (Å²) in [6.45, 7) is 5.19. The van der Waals surface area contributed by atoms with E-state index in [2.05, 4.69) is 0 Å². The third-order valence-corrected chi connectivity index (χ3v) is 2.92. The van der Waals surface area contributed by atoms with Crippen LogP contribution in [-0.4, -0.2) is 17.3 Å². The number of ether oxygens (including phenoxy) is 1. The molecule has 0 fully saturated rings. The molecule has 0 saturated carbocycles. The van der Waals surface area contributed by atoms with Gasteiger partial charge in [0.05, 0.1) is 10.6 Å². The fourth-order valence-electron chi connectivity index (χ4n) is 1.20. The molecule has 0 bridgehead atoms. The van der Waals surface area contributed by atoms with Crippen LogP contribution in [0.5, 0.6) is 0 Å². The number of anilines is 1. The Morgan fingerprint density at radius 3 is 2.56 bits per heavy atom. The molecule has 0 saturated heterocycles. The zero-order valence-electron chi connectivity index (χ0n) is 10.4. The number of carbonyl (C=O) groups is 1. The second kappa shape index (κ2) is 5.56. The lowest BCUT2D eigenvalue weighted by Crippen LogP contribution is -2.25. The summed E-state index contributed by atoms with van der Waals surface area (Å²) in [6, 6.07) is 2.21. The largest absolute Gasteiger partial charge is 0.459 e. The molecule has 0 unspecified atom stereocenters. The molecule has 1 aromatic rings. The highest BCUT2D eigenvalue weighted by Crippen LogP contribution is 2.29. The second-order valence-corrected chi connectivity index (χ2v) is 5.64. The Morgan fingerprint density at radius 2 is 2.00 bits per heavy atom. The average Bonchev–Trinajstić information content (AvgIpc) is 2.21. The summed E-state index contributed by atoms with van der Waals surface area (Å²) in [6.07, 6.45) is 0. The van der Waals surface area contributed by atoms with E-state index in [-0.39, 0.29) is 16.3 Å². The molecular formula is C12H15F2NO2S. The van der Waals surface area contributed by atoms with E-state index in [1.54, 1.807) is 20.8 Å². The predicted octanol–water partition coefficient (Wildman–Crippen LogP) is 2.98. The maximum atomic E-state index is 13.4. The van der Waals surface area contributed by atoms with E-state index in [0.717, 1.165) is 17.8 Å². The first-order valence-corrected chi connectivity index (χ1v) is 6.27. The highest BCUT2D eigenvalue weighted by Gasteiger charge is 2.18. The van der Waals surface area contributed by atoms with Crippen LogP contribution in [0.1, 0.15) is 20.8 Å². The maximum absolute atomic E-state index is 13.4. The summed E-state index contributed by atoms with van der Waals surface area (Å²) in [5, 5.41) is 0. The first-order valence-electron chi connectivity index (χ1n) is 5.29. The summed E-state index contributed by atoms with van der Waals surface area (Å²) in [5.74, 6) is -2.66. The van der Waals surface area contributed by atoms with Crippen molar-refractivity contribution in [3.05, 3.63) is 23.8 Å². The molecule has 2 N–H and O–H groups in total. The van der Waals surface area contributed by atoms with Crippen molar-refractivity contribution in [2.45, 2.75) is 31.3 Å². The van der Waals surface area contributed by atoms with Crippen LogP contribution in [0, 0.1) is 11.6 Å². The molecule has 0 aliphatic heterocycles. The Bertz CT molecular complexity index is 458. The first kappa shape index (κ1) is 14.8. The molecule has 18 heavy (non-hydrogen) atoms. The van der Waals surface area contributed by atoms with Gasteiger partial charge in [0.1, 0.15) is 5.60 Å². The van der Waals surface area contributed by atoms with Gasteiger partial charge in [-0.2, -0.15) is 0 Å². The fourth-order valence-corrected chi connectivity index (χ4v) is 1.98. The Hall–Kier alpha value is -1.30. The van der Waals surface area contributed by atoms with Gasteiger partial charge in [0.25, 0.3) is 0 Å². The lowest BCUT2D eigenvalue weighted by Gasteiger charge is -2.19. The minimum Gasteiger partial charge on any atom is -0.459 e. The van der Waals surface area contributed by atoms with Gasteiger partial charge in [-0.1, -0.05) is 0 Å². The molecule has 0 radical (unpaired) electrons. The summed E-state index contributed by atoms with van der Waals surface area (Å²) < 4.78 is 31.5. The minimum atomic E-state index is -1.04. The van der Waals surface area contributed by atoms with Gasteiger partial charge in [-0.15, -0.1) is 11.8 Å². The molecule has 3 nitrogen and oxygen atoms in total. The number of rotatable bonds is 3. The molecule has 1 aromatic carbocycles. The van der Waals surface area contributed by atoms with Crippen LogP contribution >= 0.6 is 11.8 Å². The van der Waals surface area contributed by atoms with Gasteiger partial charge >= 0.3 is 5.97 Å². The van der Waals surface area contributed by atoms with Crippen LogP contribution in [0.25, 0.3) is 0 Å². The van der Waals surface area contributed by atoms with Crippen LogP contribution in [0.4, 0.5) is 14.5 Å². The first-order chi connectivity index (χ1) is 8.20. The number of halogens is 2. The van der Waals surface area contributed by atoms with Crippen molar-refractivity contribution in [2.75, 3.05) is 11.5 Å². The van der Waals surface area contributed by atoms with E-state index >= 15 is 0 Å². The topological polar surface area (TPSA) is 52.3 Å². The zero-order valence-corrected chi connectivity index (χ0v) is 11.2. The van der Waals surface area contributed by atoms with Crippen molar-refractivity contribution in [1.82, 2.24) is 0 Å². The van der Waals surface area contributed by atoms with Crippen molar-refractivity contribution in [1.29, 1.82) is 0 Å². The third kappa shape index (κ3) is 4.18. The number of hydrogen-bond acceptors (Lipinski definition) is 4. The van der Waals surface area contributed by atoms with E-state index in [4.69, 9.17) is 10.5 Å². The Kier molecular flexibility index (Phi) is 4.56. The third-order valence-electron chi connectivity index (χ3n) is 1.83. The van der Waals surface area contributed by atoms with E-state index in [0.29, 0.717) is 0 Å². The lowest BCUT2D eigenvalue weighted by molar-refractivity contribution is -0.151. The Balaban J connectivity index is 2.70. The molecule has 100 valence electrons. The smallest absolute Gasteiger partial charge is 0.316 e. The van der Waals surface area contributed by atoms with E-state index in [9.17, 15) is 13.6 Å². The Morgan fingerprint density at radius 1 is 1.39 bits per heavy atom. The van der Waals surface area contributed by atoms with Crippen LogP contribution in [0.15, 0.2) is 17.0 Å². The fraction of sp³-hybridized carbons (Fsp3) is 0.417. The van der Waals surface area contributed by atoms with Crippen molar-refractivity contribution >= 4 is 23.4 Å². The molecular weight excluding hydrogens is 260 g/mol. The van der Waals surface area contributed by atoms with E-state index in [1.807, 2.05) is 0 Å². The SMILES string of the molecule is CC(C)(C)OC(=O)CSc1c(N)ccc(F)c1F. The normalized spacial score (nSPS) is 11.4. The molecule has 0 aliphatic carbocycles. The van der Waals surface area contributed by atoms with Crippen molar-refractivity contribution in [2.24, 2.45) is 0 Å². The standard InChI is InChI=1S/C12H15F2NO2S/c1-12(2,3)17-9(16)6-18-11-8(15)5-4-7(13)10(11)14/h4-5H,6,15H2,1-3H3. The van der Waals surface area contributed by atoms with E-state index < -0.39 is 23.2 Å². The number of benzene rings is 1. The van der Waals surface area contributed by atoms with Gasteiger partial charge in [-0.25, -0.2) is 8.78 Å². The van der Waals surface area contributed by atoms with Crippen LogP contribution in [0.3, 0.4) is 0 Å². The van der Waals surface area contributed by atoms with Crippen molar-refractivity contribution < 1.29 is 18.3 Å². The quantitative estimate of drug-likeness (QED) is 0.523. The lowest BCUT2D eigenvalue weighted by atomic mass is 10.2. The predicted molar refractivity (Wildman–Crippen MR) is 67.3 cm³/mol. The summed E-state index contributed by atoms with van der Waals surface area (Å²) in [5.41, 5.74) is 5.02. The zero-order chi connectivity index (χ0) is 13.9. The van der Waals surface area contributed by atoms with Gasteiger partial charge in [0.15, 0.2) is 11.6 Å². The molecule has 6 heteroatoms. The number of nitrogens with two attached hydrogens (primary N) is 1. The van der Waals surface area contributed by atoms with Gasteiger partial charge in [-0.3, -0.25) is 4.79 Å². The molecule has 0 atom stereocenters. The average molecular weight is 275 g/mol. The molecule has 1 rings (SSSR count). The molecule has 0 heterocycles. The highest BCUT2D eigenvalue weighted by molar-refractivity contribution is 8.00. The summed E-state index contributed by atoms with van der Waals surface area (Å²) >= 11 is 0.822. The summed E-state index contributed by atoms with van der Waals surface area (Å²) in [4.78, 5) is 11.4. The van der Waals surface area contributed by atoms with Crippen LogP contribution < -0.4 is 5.73 Å². The number of carbonyl (C=O) groups excluding carboxylic acids is 1. The Labute approximate surface area is 109 Å². The maximum Gasteiger partial charge on any atom is 0.316 e. The molecule has 0 spiro atoms. The van der Waals surface area contributed by atoms with Gasteiger partial charge < -0.3 is 10.5 Å².